The molecule has 8 nitrogen and oxygen atoms in total. The molecule has 11 heteroatoms. The maximum Gasteiger partial charge on any atom is 0.280 e. The first kappa shape index (κ1) is 27.9. The molecule has 2 aromatic rings. The number of likely N-dealkylation sites (tertiary alicyclic amines) is 1. The number of aromatic nitrogens is 2. The quantitative estimate of drug-likeness (QED) is 0.439. The van der Waals surface area contributed by atoms with Crippen LogP contribution >= 0.6 is 11.3 Å². The van der Waals surface area contributed by atoms with E-state index in [1.807, 2.05) is 27.7 Å². The van der Waals surface area contributed by atoms with Gasteiger partial charge in [0.15, 0.2) is 5.01 Å². The molecule has 0 aliphatic carbocycles. The molecule has 3 rings (SSSR count). The Balaban J connectivity index is 2.07. The van der Waals surface area contributed by atoms with Crippen molar-refractivity contribution in [3.8, 4) is 10.4 Å². The maximum atomic E-state index is 14.2. The lowest BCUT2D eigenvalue weighted by molar-refractivity contribution is 0.0692. The number of carbonyl (C=O) groups excluding carboxylic acids is 2. The summed E-state index contributed by atoms with van der Waals surface area (Å²) in [4.78, 5) is 36.7. The molecule has 1 aliphatic rings. The van der Waals surface area contributed by atoms with Crippen molar-refractivity contribution in [3.63, 3.8) is 0 Å². The molecule has 3 N–H and O–H groups in total. The molecule has 198 valence electrons. The number of hydrogen-bond acceptors (Lipinski definition) is 7. The molecular weight excluding hydrogens is 488 g/mol. The van der Waals surface area contributed by atoms with Gasteiger partial charge in [-0.25, -0.2) is 18.7 Å². The van der Waals surface area contributed by atoms with E-state index in [4.69, 9.17) is 0 Å². The molecule has 0 bridgehead atoms. The molecule has 1 aliphatic heterocycles. The highest BCUT2D eigenvalue weighted by Crippen LogP contribution is 2.39. The van der Waals surface area contributed by atoms with Crippen LogP contribution in [0.4, 0.5) is 14.6 Å². The Labute approximate surface area is 214 Å². The van der Waals surface area contributed by atoms with E-state index in [2.05, 4.69) is 20.6 Å². The first-order chi connectivity index (χ1) is 16.8. The Kier molecular flexibility index (Phi) is 8.66. The van der Waals surface area contributed by atoms with Gasteiger partial charge in [-0.2, -0.15) is 0 Å². The number of rotatable bonds is 9. The van der Waals surface area contributed by atoms with E-state index >= 15 is 0 Å². The van der Waals surface area contributed by atoms with Crippen LogP contribution in [-0.4, -0.2) is 62.6 Å². The van der Waals surface area contributed by atoms with E-state index in [0.717, 1.165) is 24.2 Å². The number of aliphatic hydroxyl groups is 1. The molecular formula is C25H35F2N5O3S. The molecule has 2 unspecified atom stereocenters. The highest BCUT2D eigenvalue weighted by molar-refractivity contribution is 7.17. The summed E-state index contributed by atoms with van der Waals surface area (Å²) in [6.45, 7) is 11.5. The monoisotopic (exact) mass is 523 g/mol. The van der Waals surface area contributed by atoms with Gasteiger partial charge in [-0.1, -0.05) is 13.8 Å². The van der Waals surface area contributed by atoms with Crippen molar-refractivity contribution in [1.29, 1.82) is 0 Å². The molecule has 3 heterocycles. The van der Waals surface area contributed by atoms with E-state index in [1.165, 1.54) is 12.3 Å². The second kappa shape index (κ2) is 11.2. The minimum Gasteiger partial charge on any atom is -0.389 e. The average Bonchev–Trinajstić information content (AvgIpc) is 3.43. The number of alkyl halides is 2. The summed E-state index contributed by atoms with van der Waals surface area (Å²) in [6, 6.07) is 1.28. The van der Waals surface area contributed by atoms with Crippen molar-refractivity contribution >= 4 is 29.0 Å². The predicted molar refractivity (Wildman–Crippen MR) is 137 cm³/mol. The zero-order valence-corrected chi connectivity index (χ0v) is 22.4. The number of hydrogen-bond donors (Lipinski definition) is 3. The molecule has 2 aromatic heterocycles. The topological polar surface area (TPSA) is 107 Å². The van der Waals surface area contributed by atoms with E-state index < -0.39 is 23.8 Å². The lowest BCUT2D eigenvalue weighted by atomic mass is 10.1. The van der Waals surface area contributed by atoms with Gasteiger partial charge in [0.05, 0.1) is 10.5 Å². The average molecular weight is 524 g/mol. The number of carbonyl (C=O) groups is 2. The Morgan fingerprint density at radius 1 is 1.31 bits per heavy atom. The first-order valence-electron chi connectivity index (χ1n) is 12.2. The zero-order chi connectivity index (χ0) is 26.8. The van der Waals surface area contributed by atoms with E-state index in [9.17, 15) is 23.5 Å². The second-order valence-electron chi connectivity index (χ2n) is 10.3. The van der Waals surface area contributed by atoms with Gasteiger partial charge in [0, 0.05) is 42.5 Å². The fourth-order valence-corrected chi connectivity index (χ4v) is 4.81. The summed E-state index contributed by atoms with van der Waals surface area (Å²) in [6.07, 6.45) is 0.153. The number of thiazole rings is 1. The second-order valence-corrected chi connectivity index (χ2v) is 11.3. The van der Waals surface area contributed by atoms with Crippen LogP contribution in [0.2, 0.25) is 0 Å². The SMILES string of the molecule is CC(C)C(C)Nc1cc(C(F)F)c(-c2sc(C(=O)NCC(C)(C)O)nc2C(=O)N2CCCC2C)cn1. The van der Waals surface area contributed by atoms with E-state index in [-0.39, 0.29) is 51.3 Å². The Bertz CT molecular complexity index is 1100. The predicted octanol–water partition coefficient (Wildman–Crippen LogP) is 4.72. The molecule has 36 heavy (non-hydrogen) atoms. The standard InChI is InChI=1S/C25H35F2N5O3S/c1-13(2)15(4)30-18-10-16(21(26)27)17(11-28-18)20-19(24(34)32-9-7-8-14(32)3)31-23(36-20)22(33)29-12-25(5,6)35/h10-11,13-15,21,35H,7-9,12H2,1-6H3,(H,28,30)(H,29,33). The number of nitrogens with zero attached hydrogens (tertiary/aromatic N) is 3. The van der Waals surface area contributed by atoms with Crippen LogP contribution in [0.5, 0.6) is 0 Å². The van der Waals surface area contributed by atoms with Crippen molar-refractivity contribution in [2.45, 2.75) is 78.5 Å². The van der Waals surface area contributed by atoms with Gasteiger partial charge in [0.2, 0.25) is 0 Å². The number of pyridine rings is 1. The smallest absolute Gasteiger partial charge is 0.280 e. The zero-order valence-electron chi connectivity index (χ0n) is 21.6. The summed E-state index contributed by atoms with van der Waals surface area (Å²) in [5, 5.41) is 15.6. The minimum absolute atomic E-state index is 0.0112. The number of anilines is 1. The number of amides is 2. The largest absolute Gasteiger partial charge is 0.389 e. The molecule has 1 saturated heterocycles. The van der Waals surface area contributed by atoms with Gasteiger partial charge >= 0.3 is 0 Å². The molecule has 1 fully saturated rings. The van der Waals surface area contributed by atoms with Crippen LogP contribution in [-0.2, 0) is 0 Å². The van der Waals surface area contributed by atoms with E-state index in [1.54, 1.807) is 18.7 Å². The first-order valence-corrected chi connectivity index (χ1v) is 13.0. The third kappa shape index (κ3) is 6.56. The third-order valence-electron chi connectivity index (χ3n) is 6.31. The van der Waals surface area contributed by atoms with Gasteiger partial charge in [0.25, 0.3) is 18.2 Å². The van der Waals surface area contributed by atoms with Crippen LogP contribution < -0.4 is 10.6 Å². The Morgan fingerprint density at radius 2 is 2.00 bits per heavy atom. The van der Waals surface area contributed by atoms with Crippen LogP contribution in [0, 0.1) is 5.92 Å². The minimum atomic E-state index is -2.83. The molecule has 2 atom stereocenters. The lowest BCUT2D eigenvalue weighted by Gasteiger charge is -2.21. The highest BCUT2D eigenvalue weighted by atomic mass is 32.1. The third-order valence-corrected chi connectivity index (χ3v) is 7.40. The molecule has 0 saturated carbocycles. The van der Waals surface area contributed by atoms with Gasteiger partial charge in [0.1, 0.15) is 11.5 Å². The van der Waals surface area contributed by atoms with Crippen LogP contribution in [0.3, 0.4) is 0 Å². The summed E-state index contributed by atoms with van der Waals surface area (Å²) in [5.41, 5.74) is -1.41. The van der Waals surface area contributed by atoms with Crippen LogP contribution in [0.15, 0.2) is 12.3 Å². The van der Waals surface area contributed by atoms with Crippen molar-refractivity contribution < 1.29 is 23.5 Å². The lowest BCUT2D eigenvalue weighted by Crippen LogP contribution is -2.38. The molecule has 0 radical (unpaired) electrons. The summed E-state index contributed by atoms with van der Waals surface area (Å²) >= 11 is 0.870. The fraction of sp³-hybridized carbons (Fsp3) is 0.600. The van der Waals surface area contributed by atoms with Crippen molar-refractivity contribution in [1.82, 2.24) is 20.2 Å². The van der Waals surface area contributed by atoms with E-state index in [0.29, 0.717) is 12.4 Å². The van der Waals surface area contributed by atoms with Gasteiger partial charge in [-0.15, -0.1) is 11.3 Å². The molecule has 0 aromatic carbocycles. The Morgan fingerprint density at radius 3 is 2.56 bits per heavy atom. The Hall–Kier alpha value is -2.66. The van der Waals surface area contributed by atoms with Crippen molar-refractivity contribution in [3.05, 3.63) is 28.5 Å². The highest BCUT2D eigenvalue weighted by Gasteiger charge is 2.33. The summed E-state index contributed by atoms with van der Waals surface area (Å²) in [7, 11) is 0. The van der Waals surface area contributed by atoms with Crippen LogP contribution in [0.25, 0.3) is 10.4 Å². The summed E-state index contributed by atoms with van der Waals surface area (Å²) < 4.78 is 28.5. The van der Waals surface area contributed by atoms with Gasteiger partial charge in [-0.3, -0.25) is 9.59 Å². The van der Waals surface area contributed by atoms with Crippen molar-refractivity contribution in [2.75, 3.05) is 18.4 Å². The van der Waals surface area contributed by atoms with Crippen LogP contribution in [0.1, 0.15) is 86.7 Å². The number of nitrogens with one attached hydrogen (secondary N) is 2. The normalized spacial score (nSPS) is 17.1. The van der Waals surface area contributed by atoms with Crippen molar-refractivity contribution in [2.24, 2.45) is 5.92 Å². The van der Waals surface area contributed by atoms with Gasteiger partial charge in [-0.05, 0) is 52.5 Å². The number of halogens is 2. The fourth-order valence-electron chi connectivity index (χ4n) is 3.81. The van der Waals surface area contributed by atoms with Gasteiger partial charge < -0.3 is 20.6 Å². The maximum absolute atomic E-state index is 14.2. The summed E-state index contributed by atoms with van der Waals surface area (Å²) in [5.74, 6) is -0.417. The molecule has 0 spiro atoms. The molecule has 2 amide bonds.